The molecule has 0 spiro atoms. The minimum absolute atomic E-state index is 0.121. The molecule has 3 heterocycles. The number of aryl methyl sites for hydroxylation is 1. The SMILES string of the molecule is COC(=O)c1cccnc1OCc1c(-c2ccncn2)noc1C. The van der Waals surface area contributed by atoms with Crippen molar-refractivity contribution in [2.75, 3.05) is 7.11 Å². The fourth-order valence-corrected chi connectivity index (χ4v) is 2.10. The lowest BCUT2D eigenvalue weighted by atomic mass is 10.1. The first-order chi connectivity index (χ1) is 11.7. The van der Waals surface area contributed by atoms with Crippen LogP contribution in [-0.4, -0.2) is 33.2 Å². The molecule has 0 saturated heterocycles. The molecule has 0 fully saturated rings. The molecule has 0 aliphatic rings. The molecule has 8 nitrogen and oxygen atoms in total. The van der Waals surface area contributed by atoms with E-state index in [1.165, 1.54) is 19.6 Å². The highest BCUT2D eigenvalue weighted by molar-refractivity contribution is 5.91. The molecule has 0 aromatic carbocycles. The van der Waals surface area contributed by atoms with Gasteiger partial charge in [-0.2, -0.15) is 0 Å². The summed E-state index contributed by atoms with van der Waals surface area (Å²) in [7, 11) is 1.30. The van der Waals surface area contributed by atoms with Crippen molar-refractivity contribution in [3.63, 3.8) is 0 Å². The molecule has 3 aromatic heterocycles. The van der Waals surface area contributed by atoms with Crippen LogP contribution in [0.2, 0.25) is 0 Å². The summed E-state index contributed by atoms with van der Waals surface area (Å²) in [4.78, 5) is 23.9. The van der Waals surface area contributed by atoms with Crippen molar-refractivity contribution in [1.29, 1.82) is 0 Å². The highest BCUT2D eigenvalue weighted by Crippen LogP contribution is 2.25. The second kappa shape index (κ2) is 6.86. The van der Waals surface area contributed by atoms with E-state index in [0.29, 0.717) is 17.1 Å². The van der Waals surface area contributed by atoms with E-state index >= 15 is 0 Å². The number of nitrogens with zero attached hydrogens (tertiary/aromatic N) is 4. The molecule has 3 rings (SSSR count). The van der Waals surface area contributed by atoms with Crippen LogP contribution in [0.25, 0.3) is 11.4 Å². The second-order valence-electron chi connectivity index (χ2n) is 4.80. The molecule has 0 N–H and O–H groups in total. The van der Waals surface area contributed by atoms with Crippen molar-refractivity contribution >= 4 is 5.97 Å². The number of hydrogen-bond donors (Lipinski definition) is 0. The fourth-order valence-electron chi connectivity index (χ4n) is 2.10. The number of ether oxygens (including phenoxy) is 2. The largest absolute Gasteiger partial charge is 0.472 e. The third-order valence-electron chi connectivity index (χ3n) is 3.34. The van der Waals surface area contributed by atoms with Crippen molar-refractivity contribution in [1.82, 2.24) is 20.1 Å². The smallest absolute Gasteiger partial charge is 0.343 e. The molecular formula is C16H14N4O4. The number of rotatable bonds is 5. The molecule has 24 heavy (non-hydrogen) atoms. The van der Waals surface area contributed by atoms with Gasteiger partial charge in [-0.25, -0.2) is 19.7 Å². The number of hydrogen-bond acceptors (Lipinski definition) is 8. The topological polar surface area (TPSA) is 100 Å². The minimum Gasteiger partial charge on any atom is -0.472 e. The van der Waals surface area contributed by atoms with Gasteiger partial charge >= 0.3 is 5.97 Å². The maximum absolute atomic E-state index is 11.8. The standard InChI is InChI=1S/C16H14N4O4/c1-10-12(14(20-24-10)13-5-7-17-9-19-13)8-23-15-11(16(21)22-2)4-3-6-18-15/h3-7,9H,8H2,1-2H3. The zero-order chi connectivity index (χ0) is 16.9. The molecule has 0 aliphatic heterocycles. The zero-order valence-corrected chi connectivity index (χ0v) is 13.1. The Hall–Kier alpha value is -3.29. The lowest BCUT2D eigenvalue weighted by Gasteiger charge is -2.09. The van der Waals surface area contributed by atoms with Gasteiger partial charge in [0.25, 0.3) is 0 Å². The molecule has 0 aliphatic carbocycles. The number of carbonyl (C=O) groups is 1. The Morgan fingerprint density at radius 3 is 2.88 bits per heavy atom. The van der Waals surface area contributed by atoms with E-state index in [0.717, 1.165) is 5.56 Å². The maximum Gasteiger partial charge on any atom is 0.343 e. The van der Waals surface area contributed by atoms with Crippen LogP contribution in [0.3, 0.4) is 0 Å². The fraction of sp³-hybridized carbons (Fsp3) is 0.188. The number of pyridine rings is 1. The van der Waals surface area contributed by atoms with Crippen LogP contribution in [0, 0.1) is 6.92 Å². The third-order valence-corrected chi connectivity index (χ3v) is 3.34. The number of aromatic nitrogens is 4. The zero-order valence-electron chi connectivity index (χ0n) is 13.1. The van der Waals surface area contributed by atoms with Gasteiger partial charge in [0.1, 0.15) is 30.0 Å². The average molecular weight is 326 g/mol. The monoisotopic (exact) mass is 326 g/mol. The minimum atomic E-state index is -0.517. The molecule has 0 saturated carbocycles. The Morgan fingerprint density at radius 1 is 1.25 bits per heavy atom. The van der Waals surface area contributed by atoms with Gasteiger partial charge in [-0.1, -0.05) is 5.16 Å². The van der Waals surface area contributed by atoms with Crippen LogP contribution >= 0.6 is 0 Å². The summed E-state index contributed by atoms with van der Waals surface area (Å²) < 4.78 is 15.7. The van der Waals surface area contributed by atoms with Crippen molar-refractivity contribution in [2.45, 2.75) is 13.5 Å². The Bertz CT molecular complexity index is 848. The highest BCUT2D eigenvalue weighted by atomic mass is 16.5. The summed E-state index contributed by atoms with van der Waals surface area (Å²) in [5, 5.41) is 4.01. The maximum atomic E-state index is 11.8. The molecule has 0 unspecified atom stereocenters. The summed E-state index contributed by atoms with van der Waals surface area (Å²) in [6.45, 7) is 1.89. The quantitative estimate of drug-likeness (QED) is 0.658. The van der Waals surface area contributed by atoms with Gasteiger partial charge < -0.3 is 14.0 Å². The van der Waals surface area contributed by atoms with Crippen LogP contribution in [0.1, 0.15) is 21.7 Å². The van der Waals surface area contributed by atoms with E-state index in [1.807, 2.05) is 0 Å². The normalized spacial score (nSPS) is 10.4. The first-order valence-electron chi connectivity index (χ1n) is 7.08. The highest BCUT2D eigenvalue weighted by Gasteiger charge is 2.19. The lowest BCUT2D eigenvalue weighted by Crippen LogP contribution is -2.07. The van der Waals surface area contributed by atoms with Gasteiger partial charge in [0.05, 0.1) is 18.4 Å². The summed E-state index contributed by atoms with van der Waals surface area (Å²) in [5.74, 6) is 0.258. The molecular weight excluding hydrogens is 312 g/mol. The molecule has 0 bridgehead atoms. The Kier molecular flexibility index (Phi) is 4.46. The van der Waals surface area contributed by atoms with Crippen LogP contribution < -0.4 is 4.74 Å². The summed E-state index contributed by atoms with van der Waals surface area (Å²) in [6.07, 6.45) is 4.58. The van der Waals surface area contributed by atoms with E-state index in [4.69, 9.17) is 14.0 Å². The molecule has 3 aromatic rings. The second-order valence-corrected chi connectivity index (χ2v) is 4.80. The van der Waals surface area contributed by atoms with E-state index in [1.54, 1.807) is 31.3 Å². The van der Waals surface area contributed by atoms with E-state index < -0.39 is 5.97 Å². The molecule has 0 radical (unpaired) electrons. The van der Waals surface area contributed by atoms with Crippen LogP contribution in [0.15, 0.2) is 41.4 Å². The van der Waals surface area contributed by atoms with E-state index in [9.17, 15) is 4.79 Å². The number of esters is 1. The van der Waals surface area contributed by atoms with Crippen molar-refractivity contribution in [3.8, 4) is 17.3 Å². The van der Waals surface area contributed by atoms with Gasteiger partial charge in [0.15, 0.2) is 0 Å². The van der Waals surface area contributed by atoms with Crippen molar-refractivity contribution in [2.24, 2.45) is 0 Å². The lowest BCUT2D eigenvalue weighted by molar-refractivity contribution is 0.0594. The predicted molar refractivity (Wildman–Crippen MR) is 82.2 cm³/mol. The van der Waals surface area contributed by atoms with Crippen molar-refractivity contribution in [3.05, 3.63) is 53.8 Å². The predicted octanol–water partition coefficient (Wildman–Crippen LogP) is 2.20. The van der Waals surface area contributed by atoms with Gasteiger partial charge in [-0.15, -0.1) is 0 Å². The molecule has 122 valence electrons. The summed E-state index contributed by atoms with van der Waals surface area (Å²) in [6, 6.07) is 4.94. The summed E-state index contributed by atoms with van der Waals surface area (Å²) in [5.41, 5.74) is 2.15. The molecule has 0 atom stereocenters. The van der Waals surface area contributed by atoms with Crippen LogP contribution in [-0.2, 0) is 11.3 Å². The van der Waals surface area contributed by atoms with Crippen molar-refractivity contribution < 1.29 is 18.8 Å². The Labute approximate surface area is 137 Å². The first kappa shape index (κ1) is 15.6. The molecule has 8 heteroatoms. The number of methoxy groups -OCH3 is 1. The van der Waals surface area contributed by atoms with Crippen LogP contribution in [0.4, 0.5) is 0 Å². The Morgan fingerprint density at radius 2 is 2.12 bits per heavy atom. The van der Waals surface area contributed by atoms with Gasteiger partial charge in [0.2, 0.25) is 5.88 Å². The average Bonchev–Trinajstić information content (AvgIpc) is 3.01. The van der Waals surface area contributed by atoms with E-state index in [-0.39, 0.29) is 18.1 Å². The third kappa shape index (κ3) is 3.07. The molecule has 0 amide bonds. The van der Waals surface area contributed by atoms with Gasteiger partial charge in [0, 0.05) is 12.4 Å². The van der Waals surface area contributed by atoms with Gasteiger partial charge in [-0.05, 0) is 25.1 Å². The Balaban J connectivity index is 1.87. The van der Waals surface area contributed by atoms with E-state index in [2.05, 4.69) is 20.1 Å². The first-order valence-corrected chi connectivity index (χ1v) is 7.08. The number of carbonyl (C=O) groups excluding carboxylic acids is 1. The summed E-state index contributed by atoms with van der Waals surface area (Å²) >= 11 is 0. The van der Waals surface area contributed by atoms with Gasteiger partial charge in [-0.3, -0.25) is 0 Å². The van der Waals surface area contributed by atoms with Crippen LogP contribution in [0.5, 0.6) is 5.88 Å².